The van der Waals surface area contributed by atoms with E-state index in [9.17, 15) is 0 Å². The third-order valence-corrected chi connectivity index (χ3v) is 12.6. The molecule has 11 rings (SSSR count). The van der Waals surface area contributed by atoms with Gasteiger partial charge in [-0.1, -0.05) is 196 Å². The zero-order valence-corrected chi connectivity index (χ0v) is 31.5. The summed E-state index contributed by atoms with van der Waals surface area (Å²) in [5.74, 6) is 0.883. The molecule has 1 heterocycles. The van der Waals surface area contributed by atoms with Crippen LogP contribution >= 0.6 is 0 Å². The van der Waals surface area contributed by atoms with Gasteiger partial charge < -0.3 is 5.32 Å². The highest BCUT2D eigenvalue weighted by Crippen LogP contribution is 2.63. The molecule has 1 atom stereocenters. The number of nitrogens with zero attached hydrogens (tertiary/aromatic N) is 1. The Morgan fingerprint density at radius 1 is 0.464 bits per heavy atom. The first-order valence-electron chi connectivity index (χ1n) is 19.7. The molecule has 0 bridgehead atoms. The second-order valence-electron chi connectivity index (χ2n) is 15.9. The van der Waals surface area contributed by atoms with Crippen LogP contribution in [0.3, 0.4) is 0 Å². The van der Waals surface area contributed by atoms with Gasteiger partial charge in [0.05, 0.1) is 11.5 Å². The molecular weight excluding hydrogens is 677 g/mol. The van der Waals surface area contributed by atoms with Crippen molar-refractivity contribution in [1.82, 2.24) is 5.32 Å². The summed E-state index contributed by atoms with van der Waals surface area (Å²) >= 11 is 0. The Morgan fingerprint density at radius 2 is 1.05 bits per heavy atom. The summed E-state index contributed by atoms with van der Waals surface area (Å²) in [6.07, 6.45) is 2.26. The molecule has 8 aromatic carbocycles. The minimum absolute atomic E-state index is 0.146. The maximum atomic E-state index is 5.54. The van der Waals surface area contributed by atoms with Crippen molar-refractivity contribution in [3.05, 3.63) is 244 Å². The normalized spacial score (nSPS) is 16.9. The predicted molar refractivity (Wildman–Crippen MR) is 232 cm³/mol. The zero-order valence-electron chi connectivity index (χ0n) is 31.5. The van der Waals surface area contributed by atoms with Crippen LogP contribution in [-0.2, 0) is 10.8 Å². The second-order valence-corrected chi connectivity index (χ2v) is 15.9. The van der Waals surface area contributed by atoms with Gasteiger partial charge in [-0.15, -0.1) is 0 Å². The number of hydrogen-bond acceptors (Lipinski definition) is 2. The van der Waals surface area contributed by atoms with Crippen molar-refractivity contribution in [2.24, 2.45) is 4.99 Å². The van der Waals surface area contributed by atoms with Crippen LogP contribution in [0.15, 0.2) is 199 Å². The summed E-state index contributed by atoms with van der Waals surface area (Å²) in [6, 6.07) is 69.1. The van der Waals surface area contributed by atoms with E-state index in [0.717, 1.165) is 22.7 Å². The van der Waals surface area contributed by atoms with E-state index in [-0.39, 0.29) is 11.5 Å². The van der Waals surface area contributed by atoms with Crippen LogP contribution < -0.4 is 5.32 Å². The average molecular weight is 717 g/mol. The summed E-state index contributed by atoms with van der Waals surface area (Å²) in [6.45, 7) is 4.77. The molecule has 3 aliphatic rings. The Labute approximate surface area is 328 Å². The smallest absolute Gasteiger partial charge is 0.134 e. The van der Waals surface area contributed by atoms with Gasteiger partial charge in [0.15, 0.2) is 0 Å². The van der Waals surface area contributed by atoms with E-state index < -0.39 is 5.41 Å². The van der Waals surface area contributed by atoms with E-state index in [1.165, 1.54) is 72.0 Å². The van der Waals surface area contributed by atoms with E-state index >= 15 is 0 Å². The second kappa shape index (κ2) is 12.4. The maximum Gasteiger partial charge on any atom is 0.134 e. The molecule has 1 aliphatic heterocycles. The number of amidine groups is 1. The zero-order chi connectivity index (χ0) is 37.4. The molecule has 0 saturated heterocycles. The van der Waals surface area contributed by atoms with E-state index in [2.05, 4.69) is 213 Å². The Balaban J connectivity index is 1.22. The molecule has 1 unspecified atom stereocenters. The van der Waals surface area contributed by atoms with Gasteiger partial charge in [0.2, 0.25) is 0 Å². The molecule has 1 spiro atoms. The fourth-order valence-electron chi connectivity index (χ4n) is 10.1. The number of hydrogen-bond donors (Lipinski definition) is 1. The quantitative estimate of drug-likeness (QED) is 0.193. The fraction of sp³-hybridized carbons (Fsp3) is 0.0926. The standard InChI is InChI=1S/C54H40N2/c1-53(2)44-26-11-13-28-46(44)54(47-29-14-12-27-45(47)53)43-32-31-38(40-24-15-22-35-17-9-10-23-39(35)40)33-42(43)51-41(25-16-30-48(51)54)52-55-49(36-18-5-3-6-19-36)34-50(56-52)37-20-7-4-8-21-37/h3-34,49H,1-2H3,(H,55,56). The number of aliphatic imine (C=N–C) groups is 1. The average Bonchev–Trinajstić information content (AvgIpc) is 3.56. The molecule has 8 aromatic rings. The van der Waals surface area contributed by atoms with Crippen molar-refractivity contribution in [1.29, 1.82) is 0 Å². The first kappa shape index (κ1) is 32.6. The van der Waals surface area contributed by atoms with Gasteiger partial charge in [0, 0.05) is 16.7 Å². The van der Waals surface area contributed by atoms with Gasteiger partial charge >= 0.3 is 0 Å². The van der Waals surface area contributed by atoms with E-state index in [1.54, 1.807) is 0 Å². The van der Waals surface area contributed by atoms with Crippen molar-refractivity contribution in [3.63, 3.8) is 0 Å². The number of fused-ring (bicyclic) bond motifs is 10. The lowest BCUT2D eigenvalue weighted by molar-refractivity contribution is 0.563. The van der Waals surface area contributed by atoms with Crippen LogP contribution in [0.25, 0.3) is 38.7 Å². The highest BCUT2D eigenvalue weighted by Gasteiger charge is 2.54. The maximum absolute atomic E-state index is 5.54. The van der Waals surface area contributed by atoms with Gasteiger partial charge in [-0.2, -0.15) is 0 Å². The van der Waals surface area contributed by atoms with Crippen molar-refractivity contribution < 1.29 is 0 Å². The molecule has 2 aliphatic carbocycles. The first-order valence-corrected chi connectivity index (χ1v) is 19.7. The van der Waals surface area contributed by atoms with Crippen molar-refractivity contribution in [2.45, 2.75) is 30.7 Å². The van der Waals surface area contributed by atoms with E-state index in [4.69, 9.17) is 4.99 Å². The molecule has 1 N–H and O–H groups in total. The molecular formula is C54H40N2. The summed E-state index contributed by atoms with van der Waals surface area (Å²) < 4.78 is 0. The summed E-state index contributed by atoms with van der Waals surface area (Å²) in [5, 5.41) is 6.37. The van der Waals surface area contributed by atoms with Gasteiger partial charge in [-0.3, -0.25) is 4.99 Å². The monoisotopic (exact) mass is 716 g/mol. The minimum Gasteiger partial charge on any atom is -0.340 e. The van der Waals surface area contributed by atoms with Crippen LogP contribution in [-0.4, -0.2) is 5.84 Å². The van der Waals surface area contributed by atoms with Crippen LogP contribution in [0.5, 0.6) is 0 Å². The molecule has 0 fully saturated rings. The highest BCUT2D eigenvalue weighted by atomic mass is 15.0. The van der Waals surface area contributed by atoms with Crippen LogP contribution in [0.4, 0.5) is 0 Å². The lowest BCUT2D eigenvalue weighted by Crippen LogP contribution is -2.40. The Kier molecular flexibility index (Phi) is 7.21. The van der Waals surface area contributed by atoms with Crippen molar-refractivity contribution in [2.75, 3.05) is 0 Å². The molecule has 2 heteroatoms. The SMILES string of the molecule is CC1(C)c2ccccc2C2(c3ccc(-c4cccc5ccccc45)cc3-c3c(C4=NC(c5ccccc5)C=C(c5ccccc5)N4)cccc32)c2ccccc21. The third kappa shape index (κ3) is 4.66. The van der Waals surface area contributed by atoms with Gasteiger partial charge in [-0.05, 0) is 89.7 Å². The van der Waals surface area contributed by atoms with Gasteiger partial charge in [0.1, 0.15) is 5.84 Å². The lowest BCUT2D eigenvalue weighted by atomic mass is 9.55. The largest absolute Gasteiger partial charge is 0.340 e. The molecule has 56 heavy (non-hydrogen) atoms. The predicted octanol–water partition coefficient (Wildman–Crippen LogP) is 12.6. The molecule has 0 radical (unpaired) electrons. The summed E-state index contributed by atoms with van der Waals surface area (Å²) in [5.41, 5.74) is 16.8. The van der Waals surface area contributed by atoms with Crippen LogP contribution in [0, 0.1) is 0 Å². The summed E-state index contributed by atoms with van der Waals surface area (Å²) in [4.78, 5) is 5.54. The Bertz CT molecular complexity index is 2860. The first-order chi connectivity index (χ1) is 27.5. The fourth-order valence-corrected chi connectivity index (χ4v) is 10.1. The van der Waals surface area contributed by atoms with Crippen molar-refractivity contribution in [3.8, 4) is 22.3 Å². The van der Waals surface area contributed by atoms with E-state index in [1.807, 2.05) is 0 Å². The van der Waals surface area contributed by atoms with Crippen molar-refractivity contribution >= 4 is 22.3 Å². The number of benzene rings is 8. The van der Waals surface area contributed by atoms with Crippen LogP contribution in [0.2, 0.25) is 0 Å². The van der Waals surface area contributed by atoms with Gasteiger partial charge in [0.25, 0.3) is 0 Å². The van der Waals surface area contributed by atoms with Crippen LogP contribution in [0.1, 0.15) is 70.0 Å². The van der Waals surface area contributed by atoms with E-state index in [0.29, 0.717) is 0 Å². The molecule has 2 nitrogen and oxygen atoms in total. The highest BCUT2D eigenvalue weighted by molar-refractivity contribution is 6.12. The summed E-state index contributed by atoms with van der Waals surface area (Å²) in [7, 11) is 0. The molecule has 0 aromatic heterocycles. The molecule has 266 valence electrons. The topological polar surface area (TPSA) is 24.4 Å². The third-order valence-electron chi connectivity index (χ3n) is 12.6. The number of nitrogens with one attached hydrogen (secondary N) is 1. The minimum atomic E-state index is -0.521. The molecule has 0 saturated carbocycles. The van der Waals surface area contributed by atoms with Gasteiger partial charge in [-0.25, -0.2) is 0 Å². The lowest BCUT2D eigenvalue weighted by Gasteiger charge is -2.46. The molecule has 0 amide bonds. The Hall–Kier alpha value is -6.77. The Morgan fingerprint density at radius 3 is 1.80 bits per heavy atom. The number of rotatable bonds is 4.